The van der Waals surface area contributed by atoms with Crippen molar-refractivity contribution in [2.24, 2.45) is 0 Å². The minimum Gasteiger partial charge on any atom is -0.395 e. The standard InChI is InChI=1S/C14H15N7.C2H6/c15-12-6-10(13(16)14(17)19-12)8-21-18-7-11(20-21)9-4-2-1-3-5-9;1-2/h1-7H,8,16H2,(H4,15,17,19);1-2H3. The number of hydrogen-bond acceptors (Lipinski definition) is 6. The Morgan fingerprint density at radius 2 is 1.74 bits per heavy atom. The molecule has 0 saturated heterocycles. The van der Waals surface area contributed by atoms with Crippen LogP contribution in [-0.4, -0.2) is 20.0 Å². The number of benzene rings is 1. The minimum absolute atomic E-state index is 0.223. The van der Waals surface area contributed by atoms with E-state index in [-0.39, 0.29) is 5.82 Å². The van der Waals surface area contributed by atoms with Gasteiger partial charge in [0.15, 0.2) is 0 Å². The first kappa shape index (κ1) is 16.3. The molecule has 0 fully saturated rings. The van der Waals surface area contributed by atoms with Crippen molar-refractivity contribution in [3.8, 4) is 11.3 Å². The van der Waals surface area contributed by atoms with E-state index in [2.05, 4.69) is 15.2 Å². The summed E-state index contributed by atoms with van der Waals surface area (Å²) in [5.41, 5.74) is 20.2. The SMILES string of the molecule is CC.Nc1cc(Cn2ncc(-c3ccccc3)n2)c(N)c(N)n1. The van der Waals surface area contributed by atoms with Gasteiger partial charge in [0.25, 0.3) is 0 Å². The maximum Gasteiger partial charge on any atom is 0.149 e. The van der Waals surface area contributed by atoms with Gasteiger partial charge in [-0.2, -0.15) is 15.0 Å². The molecular weight excluding hydrogens is 290 g/mol. The van der Waals surface area contributed by atoms with Crippen LogP contribution in [0, 0.1) is 0 Å². The Hall–Kier alpha value is -3.09. The van der Waals surface area contributed by atoms with Gasteiger partial charge in [-0.05, 0) is 6.07 Å². The molecule has 0 saturated carbocycles. The molecule has 0 aliphatic carbocycles. The highest BCUT2D eigenvalue weighted by molar-refractivity contribution is 5.66. The van der Waals surface area contributed by atoms with E-state index >= 15 is 0 Å². The molecule has 0 amide bonds. The second-order valence-corrected chi connectivity index (χ2v) is 4.63. The summed E-state index contributed by atoms with van der Waals surface area (Å²) in [5, 5.41) is 8.66. The van der Waals surface area contributed by atoms with E-state index in [1.807, 2.05) is 44.2 Å². The van der Waals surface area contributed by atoms with Crippen molar-refractivity contribution in [3.05, 3.63) is 48.2 Å². The molecule has 0 radical (unpaired) electrons. The molecule has 23 heavy (non-hydrogen) atoms. The van der Waals surface area contributed by atoms with Crippen LogP contribution in [0.1, 0.15) is 19.4 Å². The van der Waals surface area contributed by atoms with Crippen molar-refractivity contribution in [1.29, 1.82) is 0 Å². The fraction of sp³-hybridized carbons (Fsp3) is 0.188. The average Bonchev–Trinajstić information content (AvgIpc) is 3.03. The number of rotatable bonds is 3. The van der Waals surface area contributed by atoms with Crippen LogP contribution in [0.15, 0.2) is 42.6 Å². The Kier molecular flexibility index (Phi) is 5.14. The Balaban J connectivity index is 0.000000924. The van der Waals surface area contributed by atoms with E-state index in [1.54, 1.807) is 17.1 Å². The van der Waals surface area contributed by atoms with Gasteiger partial charge >= 0.3 is 0 Å². The fourth-order valence-corrected chi connectivity index (χ4v) is 2.05. The second kappa shape index (κ2) is 7.26. The molecule has 2 aromatic heterocycles. The Labute approximate surface area is 135 Å². The molecule has 7 nitrogen and oxygen atoms in total. The van der Waals surface area contributed by atoms with Gasteiger partial charge in [-0.3, -0.25) is 0 Å². The van der Waals surface area contributed by atoms with Gasteiger partial charge in [-0.1, -0.05) is 44.2 Å². The van der Waals surface area contributed by atoms with Crippen LogP contribution in [0.3, 0.4) is 0 Å². The third kappa shape index (κ3) is 3.76. The topological polar surface area (TPSA) is 122 Å². The molecule has 0 spiro atoms. The maximum absolute atomic E-state index is 5.91. The number of aromatic nitrogens is 4. The molecule has 0 atom stereocenters. The number of hydrogen-bond donors (Lipinski definition) is 3. The Morgan fingerprint density at radius 3 is 2.43 bits per heavy atom. The molecule has 1 aromatic carbocycles. The zero-order chi connectivity index (χ0) is 16.8. The van der Waals surface area contributed by atoms with Crippen LogP contribution >= 0.6 is 0 Å². The van der Waals surface area contributed by atoms with E-state index in [4.69, 9.17) is 17.2 Å². The third-order valence-corrected chi connectivity index (χ3v) is 3.11. The van der Waals surface area contributed by atoms with Gasteiger partial charge < -0.3 is 17.2 Å². The lowest BCUT2D eigenvalue weighted by Gasteiger charge is -2.08. The predicted molar refractivity (Wildman–Crippen MR) is 93.4 cm³/mol. The summed E-state index contributed by atoms with van der Waals surface area (Å²) >= 11 is 0. The summed E-state index contributed by atoms with van der Waals surface area (Å²) in [6.45, 7) is 4.38. The molecule has 0 bridgehead atoms. The molecule has 0 unspecified atom stereocenters. The molecule has 3 rings (SSSR count). The van der Waals surface area contributed by atoms with E-state index in [0.717, 1.165) is 16.8 Å². The minimum atomic E-state index is 0.223. The number of pyridine rings is 1. The molecular formula is C16H21N7. The normalized spacial score (nSPS) is 10.0. The summed E-state index contributed by atoms with van der Waals surface area (Å²) in [4.78, 5) is 5.46. The van der Waals surface area contributed by atoms with Gasteiger partial charge in [0.1, 0.15) is 17.3 Å². The lowest BCUT2D eigenvalue weighted by Crippen LogP contribution is -2.10. The zero-order valence-corrected chi connectivity index (χ0v) is 13.3. The van der Waals surface area contributed by atoms with E-state index in [1.165, 1.54) is 0 Å². The lowest BCUT2D eigenvalue weighted by molar-refractivity contribution is 0.593. The van der Waals surface area contributed by atoms with Gasteiger partial charge in [-0.15, -0.1) is 0 Å². The Morgan fingerprint density at radius 1 is 1.04 bits per heavy atom. The van der Waals surface area contributed by atoms with Crippen molar-refractivity contribution in [1.82, 2.24) is 20.0 Å². The summed E-state index contributed by atoms with van der Waals surface area (Å²) in [6, 6.07) is 11.5. The van der Waals surface area contributed by atoms with Crippen molar-refractivity contribution >= 4 is 17.3 Å². The maximum atomic E-state index is 5.91. The van der Waals surface area contributed by atoms with Crippen molar-refractivity contribution in [3.63, 3.8) is 0 Å². The molecule has 7 heteroatoms. The zero-order valence-electron chi connectivity index (χ0n) is 13.3. The monoisotopic (exact) mass is 311 g/mol. The van der Waals surface area contributed by atoms with Gasteiger partial charge in [0.2, 0.25) is 0 Å². The summed E-state index contributed by atoms with van der Waals surface area (Å²) < 4.78 is 0. The number of nitrogen functional groups attached to an aromatic ring is 3. The smallest absolute Gasteiger partial charge is 0.149 e. The molecule has 6 N–H and O–H groups in total. The molecule has 120 valence electrons. The first-order valence-corrected chi connectivity index (χ1v) is 7.39. The summed E-state index contributed by atoms with van der Waals surface area (Å²) in [6.07, 6.45) is 1.71. The third-order valence-electron chi connectivity index (χ3n) is 3.11. The molecule has 0 aliphatic rings. The highest BCUT2D eigenvalue weighted by Crippen LogP contribution is 2.21. The van der Waals surface area contributed by atoms with Crippen LogP contribution < -0.4 is 17.2 Å². The van der Waals surface area contributed by atoms with E-state index in [0.29, 0.717) is 18.1 Å². The first-order chi connectivity index (χ1) is 11.1. The van der Waals surface area contributed by atoms with E-state index < -0.39 is 0 Å². The second-order valence-electron chi connectivity index (χ2n) is 4.63. The van der Waals surface area contributed by atoms with Gasteiger partial charge in [0.05, 0.1) is 18.4 Å². The number of anilines is 3. The Bertz CT molecular complexity index is 765. The molecule has 0 aliphatic heterocycles. The quantitative estimate of drug-likeness (QED) is 0.681. The average molecular weight is 311 g/mol. The van der Waals surface area contributed by atoms with Gasteiger partial charge in [0, 0.05) is 11.1 Å². The van der Waals surface area contributed by atoms with Crippen LogP contribution in [0.4, 0.5) is 17.3 Å². The van der Waals surface area contributed by atoms with Crippen LogP contribution in [0.25, 0.3) is 11.3 Å². The molecule has 3 aromatic rings. The summed E-state index contributed by atoms with van der Waals surface area (Å²) in [7, 11) is 0. The molecule has 2 heterocycles. The predicted octanol–water partition coefficient (Wildman–Crippen LogP) is 2.16. The summed E-state index contributed by atoms with van der Waals surface area (Å²) in [5.74, 6) is 0.549. The van der Waals surface area contributed by atoms with Crippen molar-refractivity contribution in [2.45, 2.75) is 20.4 Å². The van der Waals surface area contributed by atoms with Crippen LogP contribution in [0.5, 0.6) is 0 Å². The lowest BCUT2D eigenvalue weighted by atomic mass is 10.2. The van der Waals surface area contributed by atoms with E-state index in [9.17, 15) is 0 Å². The van der Waals surface area contributed by atoms with Crippen LogP contribution in [-0.2, 0) is 6.54 Å². The van der Waals surface area contributed by atoms with Crippen molar-refractivity contribution < 1.29 is 0 Å². The highest BCUT2D eigenvalue weighted by atomic mass is 15.5. The number of nitrogens with two attached hydrogens (primary N) is 3. The van der Waals surface area contributed by atoms with Crippen molar-refractivity contribution in [2.75, 3.05) is 17.2 Å². The first-order valence-electron chi connectivity index (χ1n) is 7.39. The fourth-order valence-electron chi connectivity index (χ4n) is 2.05. The number of nitrogens with zero attached hydrogens (tertiary/aromatic N) is 4. The largest absolute Gasteiger partial charge is 0.395 e. The highest BCUT2D eigenvalue weighted by Gasteiger charge is 2.09. The van der Waals surface area contributed by atoms with Gasteiger partial charge in [-0.25, -0.2) is 4.98 Å². The van der Waals surface area contributed by atoms with Crippen LogP contribution in [0.2, 0.25) is 0 Å².